The van der Waals surface area contributed by atoms with E-state index in [1.54, 1.807) is 18.2 Å². The summed E-state index contributed by atoms with van der Waals surface area (Å²) in [6.45, 7) is 0.319. The van der Waals surface area contributed by atoms with Crippen LogP contribution in [0.5, 0.6) is 5.75 Å². The van der Waals surface area contributed by atoms with Gasteiger partial charge in [-0.25, -0.2) is 9.37 Å². The normalized spacial score (nSPS) is 9.38. The second kappa shape index (κ2) is 7.04. The molecule has 5 heteroatoms. The largest absolute Gasteiger partial charge is 0.489 e. The SMILES string of the molecule is N#Cc1ncccc1COc1ccc(C#CCN)c(F)c1. The minimum Gasteiger partial charge on any atom is -0.489 e. The van der Waals surface area contributed by atoms with E-state index in [-0.39, 0.29) is 18.7 Å². The molecule has 0 unspecified atom stereocenters. The molecule has 0 aliphatic rings. The number of hydrogen-bond acceptors (Lipinski definition) is 4. The van der Waals surface area contributed by atoms with Crippen LogP contribution in [0.4, 0.5) is 4.39 Å². The summed E-state index contributed by atoms with van der Waals surface area (Å²) in [5.74, 6) is 5.11. The van der Waals surface area contributed by atoms with Gasteiger partial charge in [-0.05, 0) is 18.2 Å². The number of benzene rings is 1. The van der Waals surface area contributed by atoms with E-state index in [1.165, 1.54) is 18.3 Å². The molecular formula is C16H12FN3O. The average Bonchev–Trinajstić information content (AvgIpc) is 2.52. The van der Waals surface area contributed by atoms with E-state index in [2.05, 4.69) is 16.8 Å². The number of hydrogen-bond donors (Lipinski definition) is 1. The molecule has 2 rings (SSSR count). The van der Waals surface area contributed by atoms with Crippen LogP contribution in [0.2, 0.25) is 0 Å². The van der Waals surface area contributed by atoms with Crippen molar-refractivity contribution in [3.05, 3.63) is 59.2 Å². The van der Waals surface area contributed by atoms with Gasteiger partial charge in [-0.1, -0.05) is 17.9 Å². The first kappa shape index (κ1) is 14.5. The molecular weight excluding hydrogens is 269 g/mol. The van der Waals surface area contributed by atoms with Crippen LogP contribution in [-0.4, -0.2) is 11.5 Å². The van der Waals surface area contributed by atoms with E-state index >= 15 is 0 Å². The smallest absolute Gasteiger partial charge is 0.147 e. The molecule has 0 saturated carbocycles. The Morgan fingerprint density at radius 2 is 2.19 bits per heavy atom. The molecule has 0 aliphatic carbocycles. The molecule has 0 fully saturated rings. The highest BCUT2D eigenvalue weighted by molar-refractivity contribution is 5.40. The van der Waals surface area contributed by atoms with Crippen molar-refractivity contribution >= 4 is 0 Å². The zero-order chi connectivity index (χ0) is 15.1. The molecule has 2 aromatic rings. The Balaban J connectivity index is 2.11. The van der Waals surface area contributed by atoms with Gasteiger partial charge in [-0.2, -0.15) is 5.26 Å². The van der Waals surface area contributed by atoms with Crippen LogP contribution in [0.3, 0.4) is 0 Å². The lowest BCUT2D eigenvalue weighted by Gasteiger charge is -2.07. The molecule has 1 aromatic carbocycles. The van der Waals surface area contributed by atoms with Gasteiger partial charge in [-0.15, -0.1) is 0 Å². The Kier molecular flexibility index (Phi) is 4.87. The van der Waals surface area contributed by atoms with Crippen LogP contribution >= 0.6 is 0 Å². The summed E-state index contributed by atoms with van der Waals surface area (Å²) in [5, 5.41) is 8.93. The molecule has 2 N–H and O–H groups in total. The molecule has 1 heterocycles. The van der Waals surface area contributed by atoms with Gasteiger partial charge in [0.2, 0.25) is 0 Å². The maximum absolute atomic E-state index is 13.8. The van der Waals surface area contributed by atoms with Crippen molar-refractivity contribution in [1.29, 1.82) is 5.26 Å². The highest BCUT2D eigenvalue weighted by atomic mass is 19.1. The molecule has 0 aliphatic heterocycles. The lowest BCUT2D eigenvalue weighted by molar-refractivity contribution is 0.303. The van der Waals surface area contributed by atoms with Crippen molar-refractivity contribution in [2.24, 2.45) is 5.73 Å². The van der Waals surface area contributed by atoms with Crippen molar-refractivity contribution in [3.8, 4) is 23.7 Å². The Hall–Kier alpha value is -2.89. The number of nitrogens with two attached hydrogens (primary N) is 1. The predicted octanol–water partition coefficient (Wildman–Crippen LogP) is 1.98. The molecule has 0 bridgehead atoms. The molecule has 0 amide bonds. The van der Waals surface area contributed by atoms with E-state index < -0.39 is 5.82 Å². The first-order valence-electron chi connectivity index (χ1n) is 6.20. The molecule has 4 nitrogen and oxygen atoms in total. The highest BCUT2D eigenvalue weighted by Gasteiger charge is 2.05. The van der Waals surface area contributed by atoms with Gasteiger partial charge >= 0.3 is 0 Å². The third-order valence-electron chi connectivity index (χ3n) is 2.66. The van der Waals surface area contributed by atoms with Gasteiger partial charge in [0.25, 0.3) is 0 Å². The summed E-state index contributed by atoms with van der Waals surface area (Å²) in [7, 11) is 0. The summed E-state index contributed by atoms with van der Waals surface area (Å²) in [6.07, 6.45) is 1.53. The Morgan fingerprint density at radius 1 is 1.33 bits per heavy atom. The van der Waals surface area contributed by atoms with E-state index in [1.807, 2.05) is 6.07 Å². The van der Waals surface area contributed by atoms with E-state index in [0.717, 1.165) is 0 Å². The summed E-state index contributed by atoms with van der Waals surface area (Å²) >= 11 is 0. The minimum absolute atomic E-state index is 0.143. The number of nitriles is 1. The number of nitrogens with zero attached hydrogens (tertiary/aromatic N) is 2. The maximum Gasteiger partial charge on any atom is 0.147 e. The van der Waals surface area contributed by atoms with Crippen molar-refractivity contribution in [2.45, 2.75) is 6.61 Å². The Labute approximate surface area is 122 Å². The van der Waals surface area contributed by atoms with E-state index in [9.17, 15) is 4.39 Å². The first-order chi connectivity index (χ1) is 10.2. The van der Waals surface area contributed by atoms with Gasteiger partial charge in [-0.3, -0.25) is 0 Å². The van der Waals surface area contributed by atoms with Gasteiger partial charge < -0.3 is 10.5 Å². The van der Waals surface area contributed by atoms with Crippen LogP contribution in [0.25, 0.3) is 0 Å². The van der Waals surface area contributed by atoms with Gasteiger partial charge in [0.05, 0.1) is 12.1 Å². The van der Waals surface area contributed by atoms with Crippen molar-refractivity contribution in [2.75, 3.05) is 6.54 Å². The van der Waals surface area contributed by atoms with Crippen molar-refractivity contribution in [3.63, 3.8) is 0 Å². The highest BCUT2D eigenvalue weighted by Crippen LogP contribution is 2.18. The summed E-state index contributed by atoms with van der Waals surface area (Å²) in [6, 6.07) is 9.83. The predicted molar refractivity (Wildman–Crippen MR) is 75.6 cm³/mol. The molecule has 0 saturated heterocycles. The van der Waals surface area contributed by atoms with Gasteiger partial charge in [0.15, 0.2) is 0 Å². The monoisotopic (exact) mass is 281 g/mol. The molecule has 0 spiro atoms. The lowest BCUT2D eigenvalue weighted by atomic mass is 10.2. The topological polar surface area (TPSA) is 71.9 Å². The molecule has 21 heavy (non-hydrogen) atoms. The Bertz CT molecular complexity index is 741. The average molecular weight is 281 g/mol. The fraction of sp³-hybridized carbons (Fsp3) is 0.125. The summed E-state index contributed by atoms with van der Waals surface area (Å²) in [4.78, 5) is 3.93. The number of aromatic nitrogens is 1. The molecule has 0 atom stereocenters. The van der Waals surface area contributed by atoms with Crippen LogP contribution < -0.4 is 10.5 Å². The van der Waals surface area contributed by atoms with Crippen LogP contribution in [0, 0.1) is 29.0 Å². The quantitative estimate of drug-likeness (QED) is 0.873. The van der Waals surface area contributed by atoms with E-state index in [0.29, 0.717) is 17.0 Å². The second-order valence-corrected chi connectivity index (χ2v) is 4.06. The molecule has 1 aromatic heterocycles. The standard InChI is InChI=1S/C16H12FN3O/c17-15-9-14(6-5-12(15)3-1-7-18)21-11-13-4-2-8-20-16(13)10-19/h2,4-6,8-9H,7,11,18H2. The first-order valence-corrected chi connectivity index (χ1v) is 6.20. The van der Waals surface area contributed by atoms with Crippen LogP contribution in [0.15, 0.2) is 36.5 Å². The van der Waals surface area contributed by atoms with Gasteiger partial charge in [0.1, 0.15) is 29.9 Å². The number of halogens is 1. The number of ether oxygens (including phenoxy) is 1. The second-order valence-electron chi connectivity index (χ2n) is 4.06. The molecule has 104 valence electrons. The van der Waals surface area contributed by atoms with Crippen molar-refractivity contribution in [1.82, 2.24) is 4.98 Å². The van der Waals surface area contributed by atoms with Crippen molar-refractivity contribution < 1.29 is 9.13 Å². The fourth-order valence-electron chi connectivity index (χ4n) is 1.65. The Morgan fingerprint density at radius 3 is 2.90 bits per heavy atom. The minimum atomic E-state index is -0.472. The number of rotatable bonds is 3. The zero-order valence-electron chi connectivity index (χ0n) is 11.1. The van der Waals surface area contributed by atoms with Gasteiger partial charge in [0, 0.05) is 17.8 Å². The molecule has 0 radical (unpaired) electrons. The maximum atomic E-state index is 13.8. The third-order valence-corrected chi connectivity index (χ3v) is 2.66. The van der Waals surface area contributed by atoms with E-state index in [4.69, 9.17) is 15.7 Å². The lowest BCUT2D eigenvalue weighted by Crippen LogP contribution is -2.00. The zero-order valence-corrected chi connectivity index (χ0v) is 11.1. The summed E-state index contributed by atoms with van der Waals surface area (Å²) in [5.41, 5.74) is 6.45. The summed E-state index contributed by atoms with van der Waals surface area (Å²) < 4.78 is 19.2. The number of pyridine rings is 1. The third kappa shape index (κ3) is 3.79. The van der Waals surface area contributed by atoms with Crippen LogP contribution in [0.1, 0.15) is 16.8 Å². The fourth-order valence-corrected chi connectivity index (χ4v) is 1.65. The van der Waals surface area contributed by atoms with Crippen LogP contribution in [-0.2, 0) is 6.61 Å².